The van der Waals surface area contributed by atoms with Gasteiger partial charge in [-0.1, -0.05) is 29.8 Å². The second-order valence-corrected chi connectivity index (χ2v) is 8.81. The monoisotopic (exact) mass is 440 g/mol. The Kier molecular flexibility index (Phi) is 6.66. The molecule has 1 unspecified atom stereocenters. The molecular weight excluding hydrogens is 412 g/mol. The summed E-state index contributed by atoms with van der Waals surface area (Å²) in [5, 5.41) is 3.69. The number of anilines is 2. The van der Waals surface area contributed by atoms with Gasteiger partial charge in [0, 0.05) is 55.7 Å². The third-order valence-electron chi connectivity index (χ3n) is 6.09. The van der Waals surface area contributed by atoms with Gasteiger partial charge in [0.25, 0.3) is 0 Å². The second-order valence-electron chi connectivity index (χ2n) is 8.38. The summed E-state index contributed by atoms with van der Waals surface area (Å²) >= 11 is 6.11. The fourth-order valence-corrected chi connectivity index (χ4v) is 4.59. The van der Waals surface area contributed by atoms with Crippen molar-refractivity contribution < 1.29 is 9.59 Å². The predicted octanol–water partition coefficient (Wildman–Crippen LogP) is 4.24. The van der Waals surface area contributed by atoms with E-state index in [2.05, 4.69) is 16.3 Å². The standard InChI is InChI=1S/C24H29ClN4O2/c1-18-5-2-8-21(15-18)26-24(31)29-10-4-6-19(17-29)23(30)28-13-11-27(12-14-28)22-9-3-7-20(25)16-22/h2-3,5,7-9,15-16,19H,4,6,10-14,17H2,1H3,(H,26,31). The number of hydrogen-bond acceptors (Lipinski definition) is 3. The molecule has 31 heavy (non-hydrogen) atoms. The van der Waals surface area contributed by atoms with E-state index in [0.29, 0.717) is 26.2 Å². The molecule has 2 aliphatic rings. The van der Waals surface area contributed by atoms with Crippen LogP contribution >= 0.6 is 11.6 Å². The van der Waals surface area contributed by atoms with E-state index in [1.54, 1.807) is 4.90 Å². The van der Waals surface area contributed by atoms with Gasteiger partial charge in [-0.15, -0.1) is 0 Å². The number of carbonyl (C=O) groups is 2. The Morgan fingerprint density at radius 1 is 0.968 bits per heavy atom. The summed E-state index contributed by atoms with van der Waals surface area (Å²) in [5.74, 6) is 0.0357. The van der Waals surface area contributed by atoms with Gasteiger partial charge < -0.3 is 20.0 Å². The summed E-state index contributed by atoms with van der Waals surface area (Å²) in [6.07, 6.45) is 1.68. The van der Waals surface area contributed by atoms with Crippen LogP contribution in [0.5, 0.6) is 0 Å². The van der Waals surface area contributed by atoms with Crippen LogP contribution in [0.2, 0.25) is 5.02 Å². The normalized spacial score (nSPS) is 19.3. The van der Waals surface area contributed by atoms with E-state index < -0.39 is 0 Å². The van der Waals surface area contributed by atoms with Gasteiger partial charge in [-0.05, 0) is 55.7 Å². The third-order valence-corrected chi connectivity index (χ3v) is 6.33. The van der Waals surface area contributed by atoms with E-state index in [0.717, 1.165) is 47.9 Å². The lowest BCUT2D eigenvalue weighted by atomic mass is 9.96. The average Bonchev–Trinajstić information content (AvgIpc) is 2.79. The van der Waals surface area contributed by atoms with Crippen molar-refractivity contribution in [2.75, 3.05) is 49.5 Å². The van der Waals surface area contributed by atoms with Crippen LogP contribution in [0.3, 0.4) is 0 Å². The lowest BCUT2D eigenvalue weighted by molar-refractivity contribution is -0.137. The minimum atomic E-state index is -0.131. The Bertz CT molecular complexity index is 943. The molecule has 7 heteroatoms. The minimum Gasteiger partial charge on any atom is -0.368 e. The number of nitrogens with zero attached hydrogens (tertiary/aromatic N) is 3. The molecule has 0 spiro atoms. The van der Waals surface area contributed by atoms with Gasteiger partial charge in [-0.25, -0.2) is 4.79 Å². The van der Waals surface area contributed by atoms with Crippen molar-refractivity contribution >= 4 is 34.9 Å². The van der Waals surface area contributed by atoms with Crippen molar-refractivity contribution in [3.63, 3.8) is 0 Å². The summed E-state index contributed by atoms with van der Waals surface area (Å²) in [5.41, 5.74) is 2.98. The Balaban J connectivity index is 1.31. The number of likely N-dealkylation sites (tertiary alicyclic amines) is 1. The zero-order valence-electron chi connectivity index (χ0n) is 17.9. The van der Waals surface area contributed by atoms with E-state index in [1.165, 1.54) is 0 Å². The molecule has 164 valence electrons. The molecular formula is C24H29ClN4O2. The van der Waals surface area contributed by atoms with Gasteiger partial charge in [0.05, 0.1) is 5.92 Å². The van der Waals surface area contributed by atoms with Gasteiger partial charge in [0.1, 0.15) is 0 Å². The van der Waals surface area contributed by atoms with Crippen LogP contribution in [0.15, 0.2) is 48.5 Å². The highest BCUT2D eigenvalue weighted by molar-refractivity contribution is 6.30. The molecule has 6 nitrogen and oxygen atoms in total. The number of halogens is 1. The number of carbonyl (C=O) groups excluding carboxylic acids is 2. The number of nitrogens with one attached hydrogen (secondary N) is 1. The van der Waals surface area contributed by atoms with E-state index >= 15 is 0 Å². The molecule has 1 N–H and O–H groups in total. The smallest absolute Gasteiger partial charge is 0.321 e. The summed E-state index contributed by atoms with van der Waals surface area (Å²) in [6, 6.07) is 15.5. The van der Waals surface area contributed by atoms with Crippen LogP contribution in [0, 0.1) is 12.8 Å². The maximum Gasteiger partial charge on any atom is 0.321 e. The minimum absolute atomic E-state index is 0.130. The predicted molar refractivity (Wildman–Crippen MR) is 125 cm³/mol. The van der Waals surface area contributed by atoms with Crippen LogP contribution in [0.1, 0.15) is 18.4 Å². The number of amides is 3. The van der Waals surface area contributed by atoms with E-state index in [9.17, 15) is 9.59 Å². The fourth-order valence-electron chi connectivity index (χ4n) is 4.40. The molecule has 2 heterocycles. The number of piperidine rings is 1. The number of piperazine rings is 1. The lowest BCUT2D eigenvalue weighted by Gasteiger charge is -2.39. The number of aryl methyl sites for hydroxylation is 1. The number of benzene rings is 2. The molecule has 0 bridgehead atoms. The highest BCUT2D eigenvalue weighted by Gasteiger charge is 2.32. The van der Waals surface area contributed by atoms with Gasteiger partial charge in [0.2, 0.25) is 5.91 Å². The highest BCUT2D eigenvalue weighted by atomic mass is 35.5. The lowest BCUT2D eigenvalue weighted by Crippen LogP contribution is -2.53. The Labute approximate surface area is 188 Å². The molecule has 2 aromatic carbocycles. The maximum absolute atomic E-state index is 13.1. The second kappa shape index (κ2) is 9.60. The van der Waals surface area contributed by atoms with E-state index in [4.69, 9.17) is 11.6 Å². The SMILES string of the molecule is Cc1cccc(NC(=O)N2CCCC(C(=O)N3CCN(c4cccc(Cl)c4)CC3)C2)c1. The van der Waals surface area contributed by atoms with Crippen molar-refractivity contribution in [2.45, 2.75) is 19.8 Å². The molecule has 2 fully saturated rings. The number of urea groups is 1. The molecule has 0 aromatic heterocycles. The molecule has 0 radical (unpaired) electrons. The molecule has 0 saturated carbocycles. The third kappa shape index (κ3) is 5.31. The van der Waals surface area contributed by atoms with Crippen LogP contribution in [-0.4, -0.2) is 61.0 Å². The Morgan fingerprint density at radius 2 is 1.74 bits per heavy atom. The average molecular weight is 441 g/mol. The molecule has 2 aromatic rings. The van der Waals surface area contributed by atoms with Gasteiger partial charge in [-0.3, -0.25) is 4.79 Å². The summed E-state index contributed by atoms with van der Waals surface area (Å²) in [4.78, 5) is 31.9. The Morgan fingerprint density at radius 3 is 2.48 bits per heavy atom. The highest BCUT2D eigenvalue weighted by Crippen LogP contribution is 2.24. The van der Waals surface area contributed by atoms with Gasteiger partial charge in [0.15, 0.2) is 0 Å². The number of rotatable bonds is 3. The van der Waals surface area contributed by atoms with Crippen LogP contribution in [0.4, 0.5) is 16.2 Å². The van der Waals surface area contributed by atoms with E-state index in [1.807, 2.05) is 54.3 Å². The van der Waals surface area contributed by atoms with Crippen molar-refractivity contribution in [3.05, 3.63) is 59.1 Å². The molecule has 3 amide bonds. The van der Waals surface area contributed by atoms with Gasteiger partial charge >= 0.3 is 6.03 Å². The van der Waals surface area contributed by atoms with Gasteiger partial charge in [-0.2, -0.15) is 0 Å². The van der Waals surface area contributed by atoms with Crippen molar-refractivity contribution in [1.29, 1.82) is 0 Å². The molecule has 2 saturated heterocycles. The van der Waals surface area contributed by atoms with Crippen LogP contribution in [0.25, 0.3) is 0 Å². The summed E-state index contributed by atoms with van der Waals surface area (Å²) in [6.45, 7) is 6.12. The number of hydrogen-bond donors (Lipinski definition) is 1. The molecule has 4 rings (SSSR count). The zero-order valence-corrected chi connectivity index (χ0v) is 18.6. The molecule has 0 aliphatic carbocycles. The first kappa shape index (κ1) is 21.5. The van der Waals surface area contributed by atoms with Crippen molar-refractivity contribution in [3.8, 4) is 0 Å². The quantitative estimate of drug-likeness (QED) is 0.776. The first-order valence-electron chi connectivity index (χ1n) is 10.9. The topological polar surface area (TPSA) is 55.9 Å². The maximum atomic E-state index is 13.1. The first-order valence-corrected chi connectivity index (χ1v) is 11.3. The van der Waals surface area contributed by atoms with Crippen LogP contribution in [-0.2, 0) is 4.79 Å². The summed E-state index contributed by atoms with van der Waals surface area (Å²) < 4.78 is 0. The first-order chi connectivity index (χ1) is 15.0. The van der Waals surface area contributed by atoms with Crippen LogP contribution < -0.4 is 10.2 Å². The largest absolute Gasteiger partial charge is 0.368 e. The molecule has 2 aliphatic heterocycles. The van der Waals surface area contributed by atoms with E-state index in [-0.39, 0.29) is 17.9 Å². The Hall–Kier alpha value is -2.73. The molecule has 1 atom stereocenters. The summed E-state index contributed by atoms with van der Waals surface area (Å²) in [7, 11) is 0. The zero-order chi connectivity index (χ0) is 21.8. The fraction of sp³-hybridized carbons (Fsp3) is 0.417. The van der Waals surface area contributed by atoms with Crippen molar-refractivity contribution in [1.82, 2.24) is 9.80 Å². The van der Waals surface area contributed by atoms with Crippen molar-refractivity contribution in [2.24, 2.45) is 5.92 Å².